The lowest BCUT2D eigenvalue weighted by Crippen LogP contribution is -2.41. The first-order valence-corrected chi connectivity index (χ1v) is 12.2. The number of carbonyl (C=O) groups excluding carboxylic acids is 2. The van der Waals surface area contributed by atoms with Gasteiger partial charge in [-0.1, -0.05) is 13.8 Å². The average molecular weight is 486 g/mol. The SMILES string of the molecule is CC(C)CCOc1ccc(C(=O)NNC(=O)c2ccc(S(=O)(=O)NCc3ccco3)cc2)cc1. The Kier molecular flexibility index (Phi) is 8.44. The van der Waals surface area contributed by atoms with Crippen molar-refractivity contribution >= 4 is 21.8 Å². The van der Waals surface area contributed by atoms with Crippen LogP contribution in [0.5, 0.6) is 5.75 Å². The molecule has 0 spiro atoms. The summed E-state index contributed by atoms with van der Waals surface area (Å²) in [6, 6.07) is 15.2. The lowest BCUT2D eigenvalue weighted by atomic mass is 10.1. The summed E-state index contributed by atoms with van der Waals surface area (Å²) in [6.45, 7) is 4.83. The molecule has 0 unspecified atom stereocenters. The van der Waals surface area contributed by atoms with E-state index in [9.17, 15) is 18.0 Å². The molecule has 0 atom stereocenters. The van der Waals surface area contributed by atoms with Crippen molar-refractivity contribution in [3.8, 4) is 5.75 Å². The molecule has 10 heteroatoms. The number of rotatable bonds is 10. The van der Waals surface area contributed by atoms with Crippen molar-refractivity contribution in [3.63, 3.8) is 0 Å². The molecule has 0 aliphatic rings. The van der Waals surface area contributed by atoms with Crippen LogP contribution in [-0.2, 0) is 16.6 Å². The molecule has 9 nitrogen and oxygen atoms in total. The molecule has 0 aliphatic heterocycles. The number of sulfonamides is 1. The van der Waals surface area contributed by atoms with Gasteiger partial charge in [0.1, 0.15) is 11.5 Å². The van der Waals surface area contributed by atoms with Gasteiger partial charge in [0.05, 0.1) is 24.3 Å². The molecule has 0 bridgehead atoms. The second kappa shape index (κ2) is 11.5. The highest BCUT2D eigenvalue weighted by molar-refractivity contribution is 7.89. The van der Waals surface area contributed by atoms with E-state index in [0.29, 0.717) is 29.6 Å². The minimum Gasteiger partial charge on any atom is -0.494 e. The summed E-state index contributed by atoms with van der Waals surface area (Å²) >= 11 is 0. The van der Waals surface area contributed by atoms with Crippen LogP contribution >= 0.6 is 0 Å². The van der Waals surface area contributed by atoms with Crippen molar-refractivity contribution in [2.24, 2.45) is 5.92 Å². The fourth-order valence-corrected chi connectivity index (χ4v) is 3.81. The maximum absolute atomic E-state index is 12.4. The molecule has 1 aromatic heterocycles. The maximum Gasteiger partial charge on any atom is 0.269 e. The molecule has 2 amide bonds. The highest BCUT2D eigenvalue weighted by Crippen LogP contribution is 2.14. The lowest BCUT2D eigenvalue weighted by Gasteiger charge is -2.10. The van der Waals surface area contributed by atoms with E-state index in [0.717, 1.165) is 6.42 Å². The molecule has 0 saturated heterocycles. The molecule has 0 fully saturated rings. The first-order chi connectivity index (χ1) is 16.2. The number of ether oxygens (including phenoxy) is 1. The topological polar surface area (TPSA) is 127 Å². The number of benzene rings is 2. The average Bonchev–Trinajstić information content (AvgIpc) is 3.35. The van der Waals surface area contributed by atoms with E-state index < -0.39 is 21.8 Å². The first-order valence-electron chi connectivity index (χ1n) is 10.7. The zero-order chi connectivity index (χ0) is 24.6. The summed E-state index contributed by atoms with van der Waals surface area (Å²) in [5, 5.41) is 0. The van der Waals surface area contributed by atoms with E-state index in [1.54, 1.807) is 36.4 Å². The Morgan fingerprint density at radius 1 is 0.912 bits per heavy atom. The van der Waals surface area contributed by atoms with Crippen molar-refractivity contribution in [3.05, 3.63) is 83.8 Å². The number of carbonyl (C=O) groups is 2. The predicted molar refractivity (Wildman–Crippen MR) is 125 cm³/mol. The van der Waals surface area contributed by atoms with E-state index >= 15 is 0 Å². The molecule has 3 N–H and O–H groups in total. The van der Waals surface area contributed by atoms with Gasteiger partial charge >= 0.3 is 0 Å². The van der Waals surface area contributed by atoms with E-state index in [2.05, 4.69) is 29.4 Å². The molecule has 0 radical (unpaired) electrons. The highest BCUT2D eigenvalue weighted by atomic mass is 32.2. The lowest BCUT2D eigenvalue weighted by molar-refractivity contribution is 0.0846. The summed E-state index contributed by atoms with van der Waals surface area (Å²) in [5.41, 5.74) is 5.18. The van der Waals surface area contributed by atoms with Crippen molar-refractivity contribution in [2.75, 3.05) is 6.61 Å². The molecule has 34 heavy (non-hydrogen) atoms. The summed E-state index contributed by atoms with van der Waals surface area (Å²) in [6.07, 6.45) is 2.39. The van der Waals surface area contributed by atoms with Crippen LogP contribution in [0.1, 0.15) is 46.7 Å². The Balaban J connectivity index is 1.50. The summed E-state index contributed by atoms with van der Waals surface area (Å²) in [7, 11) is -3.78. The van der Waals surface area contributed by atoms with Crippen molar-refractivity contribution in [1.82, 2.24) is 15.6 Å². The van der Waals surface area contributed by atoms with Gasteiger partial charge in [-0.15, -0.1) is 0 Å². The van der Waals surface area contributed by atoms with Crippen LogP contribution in [0.4, 0.5) is 0 Å². The fourth-order valence-electron chi connectivity index (χ4n) is 2.82. The third-order valence-corrected chi connectivity index (χ3v) is 6.23. The van der Waals surface area contributed by atoms with Crippen molar-refractivity contribution < 1.29 is 27.2 Å². The Morgan fingerprint density at radius 3 is 2.03 bits per heavy atom. The summed E-state index contributed by atoms with van der Waals surface area (Å²) < 4.78 is 37.9. The van der Waals surface area contributed by atoms with Gasteiger partial charge in [0.25, 0.3) is 11.8 Å². The number of amides is 2. The largest absolute Gasteiger partial charge is 0.494 e. The van der Waals surface area contributed by atoms with Gasteiger partial charge in [0, 0.05) is 11.1 Å². The first kappa shape index (κ1) is 25.0. The Morgan fingerprint density at radius 2 is 1.50 bits per heavy atom. The monoisotopic (exact) mass is 485 g/mol. The molecular formula is C24H27N3O6S. The van der Waals surface area contributed by atoms with Crippen LogP contribution in [-0.4, -0.2) is 26.8 Å². The van der Waals surface area contributed by atoms with Crippen LogP contribution in [0, 0.1) is 5.92 Å². The van der Waals surface area contributed by atoms with Crippen LogP contribution in [0.15, 0.2) is 76.2 Å². The van der Waals surface area contributed by atoms with Crippen molar-refractivity contribution in [1.29, 1.82) is 0 Å². The normalized spacial score (nSPS) is 11.3. The number of hydrogen-bond donors (Lipinski definition) is 3. The van der Waals surface area contributed by atoms with Crippen LogP contribution < -0.4 is 20.3 Å². The van der Waals surface area contributed by atoms with Gasteiger partial charge in [-0.3, -0.25) is 20.4 Å². The Bertz CT molecular complexity index is 1190. The molecule has 180 valence electrons. The van der Waals surface area contributed by atoms with Gasteiger partial charge in [-0.05, 0) is 73.0 Å². The summed E-state index contributed by atoms with van der Waals surface area (Å²) in [4.78, 5) is 24.6. The third-order valence-electron chi connectivity index (χ3n) is 4.81. The van der Waals surface area contributed by atoms with Crippen LogP contribution in [0.25, 0.3) is 0 Å². The number of nitrogens with one attached hydrogen (secondary N) is 3. The standard InChI is InChI=1S/C24H27N3O6S/c1-17(2)13-15-33-20-9-5-18(6-10-20)23(28)26-27-24(29)19-7-11-22(12-8-19)34(30,31)25-16-21-4-3-14-32-21/h3-12,14,17,25H,13,15-16H2,1-2H3,(H,26,28)(H,27,29). The molecule has 3 rings (SSSR count). The minimum absolute atomic E-state index is 0.00431. The van der Waals surface area contributed by atoms with E-state index in [4.69, 9.17) is 9.15 Å². The second-order valence-corrected chi connectivity index (χ2v) is 9.66. The van der Waals surface area contributed by atoms with E-state index in [-0.39, 0.29) is 17.0 Å². The molecule has 0 saturated carbocycles. The highest BCUT2D eigenvalue weighted by Gasteiger charge is 2.16. The van der Waals surface area contributed by atoms with Gasteiger partial charge in [0.2, 0.25) is 10.0 Å². The molecule has 2 aromatic carbocycles. The van der Waals surface area contributed by atoms with E-state index in [1.807, 2.05) is 0 Å². The van der Waals surface area contributed by atoms with Gasteiger partial charge in [0.15, 0.2) is 0 Å². The molecule has 1 heterocycles. The molecule has 0 aliphatic carbocycles. The Hall–Kier alpha value is -3.63. The zero-order valence-corrected chi connectivity index (χ0v) is 19.7. The van der Waals surface area contributed by atoms with Crippen molar-refractivity contribution in [2.45, 2.75) is 31.7 Å². The number of furan rings is 1. The van der Waals surface area contributed by atoms with Gasteiger partial charge in [-0.2, -0.15) is 0 Å². The quantitative estimate of drug-likeness (QED) is 0.378. The molecular weight excluding hydrogens is 458 g/mol. The zero-order valence-electron chi connectivity index (χ0n) is 18.9. The fraction of sp³-hybridized carbons (Fsp3) is 0.250. The minimum atomic E-state index is -3.78. The second-order valence-electron chi connectivity index (χ2n) is 7.89. The Labute approximate surface area is 198 Å². The molecule has 3 aromatic rings. The van der Waals surface area contributed by atoms with Crippen LogP contribution in [0.3, 0.4) is 0 Å². The summed E-state index contributed by atoms with van der Waals surface area (Å²) in [5.74, 6) is 0.592. The van der Waals surface area contributed by atoms with E-state index in [1.165, 1.54) is 30.5 Å². The van der Waals surface area contributed by atoms with Gasteiger partial charge in [-0.25, -0.2) is 13.1 Å². The number of hydrogen-bond acceptors (Lipinski definition) is 6. The smallest absolute Gasteiger partial charge is 0.269 e. The third kappa shape index (κ3) is 7.19. The van der Waals surface area contributed by atoms with Gasteiger partial charge < -0.3 is 9.15 Å². The maximum atomic E-state index is 12.4. The predicted octanol–water partition coefficient (Wildman–Crippen LogP) is 3.26. The van der Waals surface area contributed by atoms with Crippen LogP contribution in [0.2, 0.25) is 0 Å². The number of hydrazine groups is 1.